The zero-order valence-corrected chi connectivity index (χ0v) is 13.5. The molecule has 0 saturated carbocycles. The Morgan fingerprint density at radius 3 is 2.71 bits per heavy atom. The normalized spacial score (nSPS) is 18.9. The van der Waals surface area contributed by atoms with Gasteiger partial charge in [0, 0.05) is 25.5 Å². The van der Waals surface area contributed by atoms with Gasteiger partial charge in [-0.2, -0.15) is 0 Å². The molecule has 2 aromatic rings. The van der Waals surface area contributed by atoms with Crippen molar-refractivity contribution in [3.63, 3.8) is 0 Å². The molecule has 24 heavy (non-hydrogen) atoms. The molecule has 126 valence electrons. The molecule has 1 fully saturated rings. The van der Waals surface area contributed by atoms with Crippen molar-refractivity contribution in [3.8, 4) is 0 Å². The maximum absolute atomic E-state index is 12.6. The molecule has 6 heteroatoms. The minimum absolute atomic E-state index is 0.0291. The van der Waals surface area contributed by atoms with Gasteiger partial charge in [0.2, 0.25) is 11.9 Å². The maximum Gasteiger partial charge on any atom is 0.225 e. The van der Waals surface area contributed by atoms with Crippen LogP contribution in [0.25, 0.3) is 0 Å². The van der Waals surface area contributed by atoms with E-state index in [2.05, 4.69) is 15.3 Å². The number of amides is 1. The van der Waals surface area contributed by atoms with Crippen LogP contribution in [0.15, 0.2) is 48.8 Å². The Kier molecular flexibility index (Phi) is 5.38. The first-order valence-electron chi connectivity index (χ1n) is 8.26. The van der Waals surface area contributed by atoms with Gasteiger partial charge in [0.15, 0.2) is 0 Å². The summed E-state index contributed by atoms with van der Waals surface area (Å²) in [6.45, 7) is 1.34. The summed E-state index contributed by atoms with van der Waals surface area (Å²) in [5.41, 5.74) is 0.910. The average molecular weight is 326 g/mol. The third-order valence-electron chi connectivity index (χ3n) is 4.33. The van der Waals surface area contributed by atoms with Crippen molar-refractivity contribution < 1.29 is 9.90 Å². The van der Waals surface area contributed by atoms with Crippen LogP contribution in [-0.2, 0) is 4.79 Å². The van der Waals surface area contributed by atoms with Crippen molar-refractivity contribution in [1.82, 2.24) is 15.3 Å². The van der Waals surface area contributed by atoms with E-state index in [9.17, 15) is 9.90 Å². The van der Waals surface area contributed by atoms with E-state index in [0.717, 1.165) is 24.9 Å². The molecule has 2 N–H and O–H groups in total. The highest BCUT2D eigenvalue weighted by Crippen LogP contribution is 2.21. The van der Waals surface area contributed by atoms with E-state index in [-0.39, 0.29) is 24.5 Å². The number of carbonyl (C=O) groups excluding carboxylic acids is 1. The fourth-order valence-electron chi connectivity index (χ4n) is 3.04. The number of benzene rings is 1. The van der Waals surface area contributed by atoms with Crippen LogP contribution in [0, 0.1) is 5.92 Å². The number of nitrogens with zero attached hydrogens (tertiary/aromatic N) is 3. The van der Waals surface area contributed by atoms with Gasteiger partial charge in [0.1, 0.15) is 0 Å². The zero-order chi connectivity index (χ0) is 16.8. The highest BCUT2D eigenvalue weighted by molar-refractivity contribution is 5.80. The average Bonchev–Trinajstić information content (AvgIpc) is 2.67. The maximum atomic E-state index is 12.6. The number of carbonyl (C=O) groups is 1. The number of anilines is 1. The predicted molar refractivity (Wildman–Crippen MR) is 91.4 cm³/mol. The van der Waals surface area contributed by atoms with Gasteiger partial charge < -0.3 is 15.3 Å². The largest absolute Gasteiger partial charge is 0.394 e. The van der Waals surface area contributed by atoms with Gasteiger partial charge in [-0.25, -0.2) is 9.97 Å². The van der Waals surface area contributed by atoms with Crippen LogP contribution in [-0.4, -0.2) is 40.7 Å². The molecule has 1 aliphatic heterocycles. The first-order valence-corrected chi connectivity index (χ1v) is 8.26. The SMILES string of the molecule is O=C(N[C@@H](CO)c1ccccc1)[C@@H]1CCCN(c2ncccn2)C1. The summed E-state index contributed by atoms with van der Waals surface area (Å²) in [5.74, 6) is 0.510. The van der Waals surface area contributed by atoms with Crippen molar-refractivity contribution in [2.75, 3.05) is 24.6 Å². The van der Waals surface area contributed by atoms with Gasteiger partial charge in [-0.1, -0.05) is 30.3 Å². The van der Waals surface area contributed by atoms with E-state index in [4.69, 9.17) is 0 Å². The Morgan fingerprint density at radius 1 is 1.25 bits per heavy atom. The Balaban J connectivity index is 1.64. The number of rotatable bonds is 5. The number of aromatic nitrogens is 2. The molecular formula is C18H22N4O2. The monoisotopic (exact) mass is 326 g/mol. The summed E-state index contributed by atoms with van der Waals surface area (Å²) in [6.07, 6.45) is 5.18. The van der Waals surface area contributed by atoms with Gasteiger partial charge in [-0.15, -0.1) is 0 Å². The van der Waals surface area contributed by atoms with Crippen LogP contribution < -0.4 is 10.2 Å². The van der Waals surface area contributed by atoms with Gasteiger partial charge in [0.05, 0.1) is 18.6 Å². The lowest BCUT2D eigenvalue weighted by atomic mass is 9.96. The van der Waals surface area contributed by atoms with Crippen LogP contribution in [0.1, 0.15) is 24.4 Å². The van der Waals surface area contributed by atoms with Gasteiger partial charge in [0.25, 0.3) is 0 Å². The van der Waals surface area contributed by atoms with Crippen molar-refractivity contribution >= 4 is 11.9 Å². The molecule has 1 saturated heterocycles. The third-order valence-corrected chi connectivity index (χ3v) is 4.33. The molecule has 2 atom stereocenters. The van der Waals surface area contributed by atoms with Gasteiger partial charge in [-0.05, 0) is 24.5 Å². The smallest absolute Gasteiger partial charge is 0.225 e. The molecule has 0 spiro atoms. The van der Waals surface area contributed by atoms with Crippen LogP contribution in [0.3, 0.4) is 0 Å². The Hall–Kier alpha value is -2.47. The van der Waals surface area contributed by atoms with E-state index in [1.54, 1.807) is 18.5 Å². The Bertz CT molecular complexity index is 651. The number of hydrogen-bond donors (Lipinski definition) is 2. The molecule has 6 nitrogen and oxygen atoms in total. The zero-order valence-electron chi connectivity index (χ0n) is 13.5. The Labute approximate surface area is 141 Å². The first-order chi connectivity index (χ1) is 11.8. The molecule has 3 rings (SSSR count). The summed E-state index contributed by atoms with van der Waals surface area (Å²) in [5, 5.41) is 12.6. The number of nitrogens with one attached hydrogen (secondary N) is 1. The quantitative estimate of drug-likeness (QED) is 0.871. The fourth-order valence-corrected chi connectivity index (χ4v) is 3.04. The summed E-state index contributed by atoms with van der Waals surface area (Å²) in [4.78, 5) is 23.2. The number of piperidine rings is 1. The fraction of sp³-hybridized carbons (Fsp3) is 0.389. The van der Waals surface area contributed by atoms with Crippen LogP contribution in [0.5, 0.6) is 0 Å². The second-order valence-corrected chi connectivity index (χ2v) is 5.99. The summed E-state index contributed by atoms with van der Waals surface area (Å²) >= 11 is 0. The van der Waals surface area contributed by atoms with E-state index in [0.29, 0.717) is 12.5 Å². The minimum atomic E-state index is -0.373. The van der Waals surface area contributed by atoms with Gasteiger partial charge in [-0.3, -0.25) is 4.79 Å². The molecule has 1 amide bonds. The van der Waals surface area contributed by atoms with Crippen molar-refractivity contribution in [3.05, 3.63) is 54.4 Å². The molecule has 0 radical (unpaired) electrons. The lowest BCUT2D eigenvalue weighted by Gasteiger charge is -2.32. The number of aliphatic hydroxyl groups is 1. The molecular weight excluding hydrogens is 304 g/mol. The summed E-state index contributed by atoms with van der Waals surface area (Å²) in [6, 6.07) is 10.9. The van der Waals surface area contributed by atoms with Crippen LogP contribution in [0.2, 0.25) is 0 Å². The van der Waals surface area contributed by atoms with Crippen molar-refractivity contribution in [1.29, 1.82) is 0 Å². The molecule has 0 bridgehead atoms. The van der Waals surface area contributed by atoms with E-state index < -0.39 is 0 Å². The van der Waals surface area contributed by atoms with E-state index in [1.807, 2.05) is 35.2 Å². The highest BCUT2D eigenvalue weighted by atomic mass is 16.3. The van der Waals surface area contributed by atoms with Gasteiger partial charge >= 0.3 is 0 Å². The van der Waals surface area contributed by atoms with Crippen molar-refractivity contribution in [2.24, 2.45) is 5.92 Å². The molecule has 1 aliphatic rings. The predicted octanol–water partition coefficient (Wildman–Crippen LogP) is 1.54. The Morgan fingerprint density at radius 2 is 2.00 bits per heavy atom. The van der Waals surface area contributed by atoms with E-state index >= 15 is 0 Å². The number of hydrogen-bond acceptors (Lipinski definition) is 5. The van der Waals surface area contributed by atoms with Crippen LogP contribution >= 0.6 is 0 Å². The highest BCUT2D eigenvalue weighted by Gasteiger charge is 2.28. The molecule has 1 aromatic heterocycles. The van der Waals surface area contributed by atoms with Crippen LogP contribution in [0.4, 0.5) is 5.95 Å². The lowest BCUT2D eigenvalue weighted by molar-refractivity contribution is -0.126. The minimum Gasteiger partial charge on any atom is -0.394 e. The third kappa shape index (κ3) is 3.89. The topological polar surface area (TPSA) is 78.4 Å². The molecule has 0 aliphatic carbocycles. The molecule has 0 unspecified atom stereocenters. The number of aliphatic hydroxyl groups excluding tert-OH is 1. The summed E-state index contributed by atoms with van der Waals surface area (Å²) < 4.78 is 0. The second-order valence-electron chi connectivity index (χ2n) is 5.99. The first kappa shape index (κ1) is 16.4. The van der Waals surface area contributed by atoms with E-state index in [1.165, 1.54) is 0 Å². The second kappa shape index (κ2) is 7.88. The standard InChI is InChI=1S/C18H22N4O2/c23-13-16(14-6-2-1-3-7-14)21-17(24)15-8-4-11-22(12-15)18-19-9-5-10-20-18/h1-3,5-7,9-10,15-16,23H,4,8,11-13H2,(H,21,24)/t15-,16+/m1/s1. The van der Waals surface area contributed by atoms with Crippen molar-refractivity contribution in [2.45, 2.75) is 18.9 Å². The summed E-state index contributed by atoms with van der Waals surface area (Å²) in [7, 11) is 0. The molecule has 1 aromatic carbocycles. The lowest BCUT2D eigenvalue weighted by Crippen LogP contribution is -2.45. The molecule has 2 heterocycles.